The summed E-state index contributed by atoms with van der Waals surface area (Å²) in [5.74, 6) is -0.965. The highest BCUT2D eigenvalue weighted by Gasteiger charge is 2.10. The van der Waals surface area contributed by atoms with Crippen LogP contribution in [-0.2, 0) is 11.3 Å². The van der Waals surface area contributed by atoms with E-state index in [0.29, 0.717) is 0 Å². The molecule has 0 aromatic carbocycles. The lowest BCUT2D eigenvalue weighted by atomic mass is 10.2. The monoisotopic (exact) mass is 209 g/mol. The van der Waals surface area contributed by atoms with Gasteiger partial charge in [0.1, 0.15) is 6.54 Å². The fourth-order valence-electron chi connectivity index (χ4n) is 1.07. The Labute approximate surface area is 89.2 Å². The first-order valence-corrected chi connectivity index (χ1v) is 4.66. The first-order chi connectivity index (χ1) is 6.99. The standard InChI is InChI=1S/C9H12NO.C2H4O2/c1-3-10-7-5-4-6-9(10)8(2)11;1-2(3)4/h4-7H,3H2,1-2H3;1H3,(H,3,4)/q+1;/p-1. The molecule has 4 nitrogen and oxygen atoms in total. The molecule has 1 aromatic rings. The Morgan fingerprint density at radius 3 is 2.20 bits per heavy atom. The van der Waals surface area contributed by atoms with E-state index in [1.54, 1.807) is 6.92 Å². The number of ketones is 1. The quantitative estimate of drug-likeness (QED) is 0.507. The summed E-state index contributed by atoms with van der Waals surface area (Å²) in [5.41, 5.74) is 0.773. The molecule has 0 unspecified atom stereocenters. The van der Waals surface area contributed by atoms with Crippen LogP contribution in [0.25, 0.3) is 0 Å². The van der Waals surface area contributed by atoms with Crippen LogP contribution in [0, 0.1) is 0 Å². The average Bonchev–Trinajstić information content (AvgIpc) is 2.16. The van der Waals surface area contributed by atoms with Crippen molar-refractivity contribution in [1.82, 2.24) is 0 Å². The molecule has 0 aliphatic carbocycles. The molecule has 1 aromatic heterocycles. The van der Waals surface area contributed by atoms with Gasteiger partial charge in [-0.2, -0.15) is 4.57 Å². The molecule has 0 atom stereocenters. The van der Waals surface area contributed by atoms with Crippen molar-refractivity contribution in [3.63, 3.8) is 0 Å². The summed E-state index contributed by atoms with van der Waals surface area (Å²) < 4.78 is 1.93. The van der Waals surface area contributed by atoms with Crippen LogP contribution in [0.4, 0.5) is 0 Å². The summed E-state index contributed by atoms with van der Waals surface area (Å²) in [7, 11) is 0. The van der Waals surface area contributed by atoms with Gasteiger partial charge >= 0.3 is 0 Å². The zero-order chi connectivity index (χ0) is 11.8. The van der Waals surface area contributed by atoms with Gasteiger partial charge in [0.2, 0.25) is 11.5 Å². The molecule has 0 fully saturated rings. The normalized spacial score (nSPS) is 8.73. The number of rotatable bonds is 2. The molecule has 4 heteroatoms. The Kier molecular flexibility index (Phi) is 5.94. The smallest absolute Gasteiger partial charge is 0.248 e. The van der Waals surface area contributed by atoms with Crippen LogP contribution in [-0.4, -0.2) is 11.8 Å². The molecular formula is C11H15NO3. The van der Waals surface area contributed by atoms with Gasteiger partial charge in [-0.15, -0.1) is 0 Å². The number of carboxylic acids is 1. The van der Waals surface area contributed by atoms with Crippen molar-refractivity contribution in [2.24, 2.45) is 0 Å². The van der Waals surface area contributed by atoms with Crippen molar-refractivity contribution in [3.8, 4) is 0 Å². The minimum atomic E-state index is -1.08. The summed E-state index contributed by atoms with van der Waals surface area (Å²) in [6.45, 7) is 5.42. The number of nitrogens with zero attached hydrogens (tertiary/aromatic N) is 1. The van der Waals surface area contributed by atoms with Crippen LogP contribution in [0.15, 0.2) is 24.4 Å². The third kappa shape index (κ3) is 5.57. The maximum absolute atomic E-state index is 11.0. The van der Waals surface area contributed by atoms with Gasteiger partial charge in [0, 0.05) is 25.0 Å². The lowest BCUT2D eigenvalue weighted by Gasteiger charge is -1.95. The second-order valence-corrected chi connectivity index (χ2v) is 2.92. The van der Waals surface area contributed by atoms with Gasteiger partial charge in [0.15, 0.2) is 6.20 Å². The van der Waals surface area contributed by atoms with E-state index in [2.05, 4.69) is 0 Å². The second-order valence-electron chi connectivity index (χ2n) is 2.92. The third-order valence-electron chi connectivity index (χ3n) is 1.64. The predicted octanol–water partition coefficient (Wildman–Crippen LogP) is -0.0472. The SMILES string of the molecule is CC(=O)[O-].CC[n+]1ccccc1C(C)=O. The van der Waals surface area contributed by atoms with E-state index in [1.807, 2.05) is 35.9 Å². The van der Waals surface area contributed by atoms with Crippen molar-refractivity contribution in [1.29, 1.82) is 0 Å². The Bertz CT molecular complexity index is 343. The van der Waals surface area contributed by atoms with Crippen molar-refractivity contribution in [2.45, 2.75) is 27.3 Å². The van der Waals surface area contributed by atoms with Crippen molar-refractivity contribution >= 4 is 11.8 Å². The average molecular weight is 209 g/mol. The molecule has 0 saturated carbocycles. The summed E-state index contributed by atoms with van der Waals surface area (Å²) in [5, 5.41) is 8.89. The lowest BCUT2D eigenvalue weighted by molar-refractivity contribution is -0.695. The van der Waals surface area contributed by atoms with Crippen LogP contribution in [0.5, 0.6) is 0 Å². The Morgan fingerprint density at radius 1 is 1.33 bits per heavy atom. The zero-order valence-electron chi connectivity index (χ0n) is 9.19. The number of aromatic nitrogens is 1. The van der Waals surface area contributed by atoms with Crippen LogP contribution in [0.1, 0.15) is 31.3 Å². The molecular weight excluding hydrogens is 194 g/mol. The van der Waals surface area contributed by atoms with Crippen molar-refractivity contribution < 1.29 is 19.3 Å². The number of carboxylic acid groups (broad SMARTS) is 1. The van der Waals surface area contributed by atoms with Crippen LogP contribution in [0.2, 0.25) is 0 Å². The van der Waals surface area contributed by atoms with E-state index in [1.165, 1.54) is 0 Å². The van der Waals surface area contributed by atoms with Gasteiger partial charge in [-0.05, 0) is 19.9 Å². The number of carbonyl (C=O) groups is 2. The van der Waals surface area contributed by atoms with Crippen LogP contribution in [0.3, 0.4) is 0 Å². The number of hydrogen-bond acceptors (Lipinski definition) is 3. The minimum absolute atomic E-state index is 0.118. The molecule has 0 radical (unpaired) electrons. The molecule has 0 amide bonds. The van der Waals surface area contributed by atoms with E-state index in [0.717, 1.165) is 19.2 Å². The predicted molar refractivity (Wildman–Crippen MR) is 53.0 cm³/mol. The third-order valence-corrected chi connectivity index (χ3v) is 1.64. The minimum Gasteiger partial charge on any atom is -0.550 e. The van der Waals surface area contributed by atoms with Gasteiger partial charge < -0.3 is 9.90 Å². The lowest BCUT2D eigenvalue weighted by Crippen LogP contribution is -2.38. The molecule has 0 saturated heterocycles. The first kappa shape index (κ1) is 13.3. The van der Waals surface area contributed by atoms with Crippen LogP contribution < -0.4 is 9.67 Å². The first-order valence-electron chi connectivity index (χ1n) is 4.66. The van der Waals surface area contributed by atoms with E-state index in [9.17, 15) is 4.79 Å². The highest BCUT2D eigenvalue weighted by Crippen LogP contribution is 1.91. The van der Waals surface area contributed by atoms with E-state index in [-0.39, 0.29) is 5.78 Å². The molecule has 0 aliphatic heterocycles. The van der Waals surface area contributed by atoms with Gasteiger partial charge in [-0.25, -0.2) is 0 Å². The molecule has 0 spiro atoms. The Balaban J connectivity index is 0.000000423. The van der Waals surface area contributed by atoms with Gasteiger partial charge in [-0.3, -0.25) is 4.79 Å². The van der Waals surface area contributed by atoms with E-state index >= 15 is 0 Å². The highest BCUT2D eigenvalue weighted by molar-refractivity contribution is 5.90. The van der Waals surface area contributed by atoms with E-state index in [4.69, 9.17) is 9.90 Å². The Hall–Kier alpha value is -1.71. The van der Waals surface area contributed by atoms with Gasteiger partial charge in [0.25, 0.3) is 0 Å². The zero-order valence-corrected chi connectivity index (χ0v) is 9.19. The molecule has 1 heterocycles. The molecule has 82 valence electrons. The van der Waals surface area contributed by atoms with E-state index < -0.39 is 5.97 Å². The van der Waals surface area contributed by atoms with Gasteiger partial charge in [-0.1, -0.05) is 0 Å². The Morgan fingerprint density at radius 2 is 1.87 bits per heavy atom. The topological polar surface area (TPSA) is 61.1 Å². The number of hydrogen-bond donors (Lipinski definition) is 0. The number of carbonyl (C=O) groups excluding carboxylic acids is 2. The van der Waals surface area contributed by atoms with Crippen LogP contribution >= 0.6 is 0 Å². The molecule has 15 heavy (non-hydrogen) atoms. The summed E-state index contributed by atoms with van der Waals surface area (Å²) >= 11 is 0. The number of pyridine rings is 1. The number of aryl methyl sites for hydroxylation is 1. The molecule has 0 aliphatic rings. The fraction of sp³-hybridized carbons (Fsp3) is 0.364. The van der Waals surface area contributed by atoms with Crippen molar-refractivity contribution in [2.75, 3.05) is 0 Å². The largest absolute Gasteiger partial charge is 0.550 e. The van der Waals surface area contributed by atoms with Crippen molar-refractivity contribution in [3.05, 3.63) is 30.1 Å². The fourth-order valence-corrected chi connectivity index (χ4v) is 1.07. The summed E-state index contributed by atoms with van der Waals surface area (Å²) in [6.07, 6.45) is 1.91. The molecule has 0 bridgehead atoms. The number of aliphatic carboxylic acids is 1. The summed E-state index contributed by atoms with van der Waals surface area (Å²) in [6, 6.07) is 5.64. The molecule has 0 N–H and O–H groups in total. The second kappa shape index (κ2) is 6.70. The number of Topliss-reactive ketones (excluding diaryl/α,β-unsaturated/α-hetero) is 1. The van der Waals surface area contributed by atoms with Gasteiger partial charge in [0.05, 0.1) is 0 Å². The maximum atomic E-state index is 11.0. The maximum Gasteiger partial charge on any atom is 0.248 e. The highest BCUT2D eigenvalue weighted by atomic mass is 16.4. The molecule has 1 rings (SSSR count). The summed E-state index contributed by atoms with van der Waals surface area (Å²) in [4.78, 5) is 19.9.